The van der Waals surface area contributed by atoms with Crippen LogP contribution in [0.5, 0.6) is 0 Å². The summed E-state index contributed by atoms with van der Waals surface area (Å²) in [4.78, 5) is 26.1. The largest absolute Gasteiger partial charge is 0.481 e. The summed E-state index contributed by atoms with van der Waals surface area (Å²) in [6.07, 6.45) is 0. The number of carboxylic acids is 1. The molecule has 0 aromatic rings. The van der Waals surface area contributed by atoms with Crippen molar-refractivity contribution >= 4 is 11.9 Å². The second-order valence-corrected chi connectivity index (χ2v) is 4.52. The highest BCUT2D eigenvalue weighted by Gasteiger charge is 2.35. The van der Waals surface area contributed by atoms with Crippen molar-refractivity contribution in [2.24, 2.45) is 11.8 Å². The molecular formula is C11H20N2O3. The second-order valence-electron chi connectivity index (χ2n) is 4.52. The van der Waals surface area contributed by atoms with Gasteiger partial charge in [-0.3, -0.25) is 14.5 Å². The van der Waals surface area contributed by atoms with E-state index in [1.165, 1.54) is 0 Å². The zero-order valence-corrected chi connectivity index (χ0v) is 10.1. The first-order chi connectivity index (χ1) is 7.45. The molecule has 2 atom stereocenters. The molecule has 0 aromatic heterocycles. The Balaban J connectivity index is 2.47. The molecule has 0 spiro atoms. The van der Waals surface area contributed by atoms with Crippen LogP contribution in [0.15, 0.2) is 0 Å². The van der Waals surface area contributed by atoms with Gasteiger partial charge in [0.2, 0.25) is 5.91 Å². The van der Waals surface area contributed by atoms with Crippen LogP contribution in [0.1, 0.15) is 13.8 Å². The summed E-state index contributed by atoms with van der Waals surface area (Å²) in [5.41, 5.74) is 0. The third-order valence-corrected chi connectivity index (χ3v) is 3.26. The molecule has 92 valence electrons. The van der Waals surface area contributed by atoms with Crippen molar-refractivity contribution < 1.29 is 14.7 Å². The smallest absolute Gasteiger partial charge is 0.308 e. The summed E-state index contributed by atoms with van der Waals surface area (Å²) in [6.45, 7) is 6.04. The number of likely N-dealkylation sites (N-methyl/N-ethyl adjacent to an activating group) is 1. The summed E-state index contributed by atoms with van der Waals surface area (Å²) >= 11 is 0. The van der Waals surface area contributed by atoms with Gasteiger partial charge >= 0.3 is 5.97 Å². The fraction of sp³-hybridized carbons (Fsp3) is 0.818. The van der Waals surface area contributed by atoms with Crippen LogP contribution < -0.4 is 0 Å². The van der Waals surface area contributed by atoms with Crippen molar-refractivity contribution in [2.45, 2.75) is 13.8 Å². The van der Waals surface area contributed by atoms with Gasteiger partial charge in [0.05, 0.1) is 12.5 Å². The number of nitrogens with zero attached hydrogens (tertiary/aromatic N) is 2. The number of aliphatic carboxylic acids is 1. The van der Waals surface area contributed by atoms with Gasteiger partial charge in [0.25, 0.3) is 0 Å². The molecule has 1 heterocycles. The maximum absolute atomic E-state index is 11.7. The zero-order valence-electron chi connectivity index (χ0n) is 10.1. The molecule has 0 bridgehead atoms. The van der Waals surface area contributed by atoms with E-state index in [0.717, 1.165) is 0 Å². The van der Waals surface area contributed by atoms with Crippen LogP contribution in [0.25, 0.3) is 0 Å². The van der Waals surface area contributed by atoms with Crippen LogP contribution in [0, 0.1) is 11.8 Å². The SMILES string of the molecule is CCN(C)C(=O)CN1C[C@@H](C)[C@H](C(=O)O)C1. The molecule has 5 heteroatoms. The standard InChI is InChI=1S/C11H20N2O3/c1-4-12(3)10(14)7-13-5-8(2)9(6-13)11(15)16/h8-9H,4-7H2,1-3H3,(H,15,16)/t8-,9-/m1/s1. The first-order valence-electron chi connectivity index (χ1n) is 5.64. The highest BCUT2D eigenvalue weighted by Crippen LogP contribution is 2.22. The van der Waals surface area contributed by atoms with Gasteiger partial charge in [-0.1, -0.05) is 6.92 Å². The topological polar surface area (TPSA) is 60.9 Å². The Morgan fingerprint density at radius 3 is 2.50 bits per heavy atom. The second kappa shape index (κ2) is 5.30. The molecule has 0 unspecified atom stereocenters. The number of carbonyl (C=O) groups excluding carboxylic acids is 1. The minimum absolute atomic E-state index is 0.0562. The van der Waals surface area contributed by atoms with Gasteiger partial charge in [0.1, 0.15) is 0 Å². The molecule has 5 nitrogen and oxygen atoms in total. The van der Waals surface area contributed by atoms with E-state index in [1.54, 1.807) is 11.9 Å². The first kappa shape index (κ1) is 13.0. The summed E-state index contributed by atoms with van der Waals surface area (Å²) in [5, 5.41) is 8.97. The Hall–Kier alpha value is -1.10. The van der Waals surface area contributed by atoms with Crippen molar-refractivity contribution in [1.82, 2.24) is 9.80 Å². The Morgan fingerprint density at radius 1 is 1.44 bits per heavy atom. The van der Waals surface area contributed by atoms with Crippen LogP contribution in [-0.2, 0) is 9.59 Å². The molecule has 1 aliphatic heterocycles. The van der Waals surface area contributed by atoms with E-state index in [0.29, 0.717) is 26.2 Å². The van der Waals surface area contributed by atoms with Gasteiger partial charge in [-0.25, -0.2) is 0 Å². The lowest BCUT2D eigenvalue weighted by Crippen LogP contribution is -2.37. The molecule has 0 saturated carbocycles. The van der Waals surface area contributed by atoms with Crippen LogP contribution in [0.4, 0.5) is 0 Å². The van der Waals surface area contributed by atoms with Gasteiger partial charge in [-0.15, -0.1) is 0 Å². The van der Waals surface area contributed by atoms with Gasteiger partial charge in [0, 0.05) is 26.7 Å². The van der Waals surface area contributed by atoms with Crippen LogP contribution >= 0.6 is 0 Å². The van der Waals surface area contributed by atoms with Gasteiger partial charge in [-0.05, 0) is 12.8 Å². The summed E-state index contributed by atoms with van der Waals surface area (Å²) in [7, 11) is 1.76. The van der Waals surface area contributed by atoms with Crippen molar-refractivity contribution in [2.75, 3.05) is 33.2 Å². The molecule has 0 aromatic carbocycles. The molecule has 1 saturated heterocycles. The molecular weight excluding hydrogens is 208 g/mol. The molecule has 1 rings (SSSR count). The fourth-order valence-corrected chi connectivity index (χ4v) is 2.01. The summed E-state index contributed by atoms with van der Waals surface area (Å²) in [5.74, 6) is -0.913. The number of hydrogen-bond acceptors (Lipinski definition) is 3. The monoisotopic (exact) mass is 228 g/mol. The van der Waals surface area contributed by atoms with Crippen molar-refractivity contribution in [3.05, 3.63) is 0 Å². The van der Waals surface area contributed by atoms with Crippen LogP contribution in [0.2, 0.25) is 0 Å². The normalized spacial score (nSPS) is 25.7. The average Bonchev–Trinajstić information content (AvgIpc) is 2.58. The van der Waals surface area contributed by atoms with Crippen LogP contribution in [0.3, 0.4) is 0 Å². The Labute approximate surface area is 96.0 Å². The Kier molecular flexibility index (Phi) is 4.29. The lowest BCUT2D eigenvalue weighted by atomic mass is 9.99. The predicted molar refractivity (Wildman–Crippen MR) is 60.0 cm³/mol. The lowest BCUT2D eigenvalue weighted by Gasteiger charge is -2.19. The Morgan fingerprint density at radius 2 is 2.06 bits per heavy atom. The maximum Gasteiger partial charge on any atom is 0.308 e. The number of amides is 1. The van der Waals surface area contributed by atoms with Crippen LogP contribution in [-0.4, -0.2) is 60.0 Å². The van der Waals surface area contributed by atoms with Gasteiger partial charge < -0.3 is 10.0 Å². The quantitative estimate of drug-likeness (QED) is 0.742. The number of carboxylic acid groups (broad SMARTS) is 1. The van der Waals surface area contributed by atoms with E-state index in [4.69, 9.17) is 5.11 Å². The summed E-state index contributed by atoms with van der Waals surface area (Å²) < 4.78 is 0. The minimum Gasteiger partial charge on any atom is -0.481 e. The molecule has 16 heavy (non-hydrogen) atoms. The predicted octanol–water partition coefficient (Wildman–Crippen LogP) is 0.117. The van der Waals surface area contributed by atoms with E-state index >= 15 is 0 Å². The van der Waals surface area contributed by atoms with E-state index in [1.807, 2.05) is 18.7 Å². The Bertz CT molecular complexity index is 280. The number of likely N-dealkylation sites (tertiary alicyclic amines) is 1. The molecule has 1 fully saturated rings. The summed E-state index contributed by atoms with van der Waals surface area (Å²) in [6, 6.07) is 0. The number of carbonyl (C=O) groups is 2. The maximum atomic E-state index is 11.7. The zero-order chi connectivity index (χ0) is 12.3. The highest BCUT2D eigenvalue weighted by molar-refractivity contribution is 5.78. The molecule has 1 aliphatic rings. The minimum atomic E-state index is -0.758. The molecule has 0 radical (unpaired) electrons. The van der Waals surface area contributed by atoms with Gasteiger partial charge in [0.15, 0.2) is 0 Å². The van der Waals surface area contributed by atoms with Crippen molar-refractivity contribution in [3.63, 3.8) is 0 Å². The molecule has 1 amide bonds. The fourth-order valence-electron chi connectivity index (χ4n) is 2.01. The van der Waals surface area contributed by atoms with E-state index < -0.39 is 5.97 Å². The van der Waals surface area contributed by atoms with E-state index in [-0.39, 0.29) is 17.7 Å². The third kappa shape index (κ3) is 2.95. The average molecular weight is 228 g/mol. The van der Waals surface area contributed by atoms with E-state index in [2.05, 4.69) is 0 Å². The molecule has 0 aliphatic carbocycles. The van der Waals surface area contributed by atoms with E-state index in [9.17, 15) is 9.59 Å². The molecule has 1 N–H and O–H groups in total. The van der Waals surface area contributed by atoms with Gasteiger partial charge in [-0.2, -0.15) is 0 Å². The van der Waals surface area contributed by atoms with Crippen molar-refractivity contribution in [3.8, 4) is 0 Å². The number of hydrogen-bond donors (Lipinski definition) is 1. The lowest BCUT2D eigenvalue weighted by molar-refractivity contribution is -0.142. The van der Waals surface area contributed by atoms with Crippen molar-refractivity contribution in [1.29, 1.82) is 0 Å². The first-order valence-corrected chi connectivity index (χ1v) is 5.64. The third-order valence-electron chi connectivity index (χ3n) is 3.26. The number of rotatable bonds is 4. The highest BCUT2D eigenvalue weighted by atomic mass is 16.4.